The van der Waals surface area contributed by atoms with Gasteiger partial charge in [-0.3, -0.25) is 0 Å². The fraction of sp³-hybridized carbons (Fsp3) is 0.250. The van der Waals surface area contributed by atoms with Gasteiger partial charge in [0.2, 0.25) is 0 Å². The van der Waals surface area contributed by atoms with E-state index < -0.39 is 0 Å². The molecule has 5 heteroatoms. The Hall–Kier alpha value is -1.85. The van der Waals surface area contributed by atoms with E-state index in [4.69, 9.17) is 0 Å². The van der Waals surface area contributed by atoms with Crippen LogP contribution < -0.4 is 5.32 Å². The lowest BCUT2D eigenvalue weighted by atomic mass is 10.2. The number of nitrogens with zero attached hydrogens (tertiary/aromatic N) is 3. The lowest BCUT2D eigenvalue weighted by Crippen LogP contribution is -2.16. The van der Waals surface area contributed by atoms with Crippen LogP contribution in [0.5, 0.6) is 0 Å². The van der Waals surface area contributed by atoms with Gasteiger partial charge < -0.3 is 5.32 Å². The zero-order valence-electron chi connectivity index (χ0n) is 11.8. The van der Waals surface area contributed by atoms with Gasteiger partial charge in [-0.25, -0.2) is 4.68 Å². The van der Waals surface area contributed by atoms with Crippen LogP contribution in [0, 0.1) is 0 Å². The molecule has 0 saturated heterocycles. The van der Waals surface area contributed by atoms with Gasteiger partial charge in [-0.15, -0.1) is 16.9 Å². The molecule has 0 atom stereocenters. The lowest BCUT2D eigenvalue weighted by Gasteiger charge is -2.05. The highest BCUT2D eigenvalue weighted by atomic mass is 32.2. The summed E-state index contributed by atoms with van der Waals surface area (Å²) < 4.78 is 1.96. The minimum absolute atomic E-state index is 0.841. The van der Waals surface area contributed by atoms with Crippen LogP contribution in [0.15, 0.2) is 54.6 Å². The topological polar surface area (TPSA) is 42.7 Å². The summed E-state index contributed by atoms with van der Waals surface area (Å²) in [7, 11) is 0. The molecule has 0 aliphatic rings. The summed E-state index contributed by atoms with van der Waals surface area (Å²) >= 11 is 1.86. The van der Waals surface area contributed by atoms with Gasteiger partial charge >= 0.3 is 0 Å². The molecule has 3 rings (SSSR count). The van der Waals surface area contributed by atoms with Crippen LogP contribution in [0.1, 0.15) is 5.56 Å². The first-order valence-electron chi connectivity index (χ1n) is 7.04. The van der Waals surface area contributed by atoms with Gasteiger partial charge in [0.25, 0.3) is 0 Å². The highest BCUT2D eigenvalue weighted by Gasteiger charge is 2.02. The number of fused-ring (bicyclic) bond motifs is 1. The van der Waals surface area contributed by atoms with Crippen LogP contribution in [-0.4, -0.2) is 27.3 Å². The monoisotopic (exact) mass is 298 g/mol. The van der Waals surface area contributed by atoms with Crippen molar-refractivity contribution < 1.29 is 0 Å². The van der Waals surface area contributed by atoms with E-state index in [-0.39, 0.29) is 0 Å². The van der Waals surface area contributed by atoms with Crippen molar-refractivity contribution in [2.45, 2.75) is 12.4 Å². The Morgan fingerprint density at radius 1 is 1.00 bits per heavy atom. The molecule has 0 radical (unpaired) electrons. The van der Waals surface area contributed by atoms with Crippen LogP contribution in [0.4, 0.5) is 0 Å². The van der Waals surface area contributed by atoms with E-state index in [1.807, 2.05) is 40.7 Å². The van der Waals surface area contributed by atoms with Crippen molar-refractivity contribution >= 4 is 22.8 Å². The van der Waals surface area contributed by atoms with E-state index in [2.05, 4.69) is 46.0 Å². The predicted molar refractivity (Wildman–Crippen MR) is 88.1 cm³/mol. The zero-order valence-corrected chi connectivity index (χ0v) is 12.6. The fourth-order valence-corrected chi connectivity index (χ4v) is 2.92. The number of hydrogen-bond acceptors (Lipinski definition) is 4. The number of thioether (sulfide) groups is 1. The molecule has 4 nitrogen and oxygen atoms in total. The number of aromatic nitrogens is 3. The molecule has 0 fully saturated rings. The van der Waals surface area contributed by atoms with Gasteiger partial charge in [0.15, 0.2) is 0 Å². The van der Waals surface area contributed by atoms with Crippen molar-refractivity contribution in [2.75, 3.05) is 12.3 Å². The molecule has 108 valence electrons. The molecule has 0 spiro atoms. The van der Waals surface area contributed by atoms with Crippen LogP contribution >= 0.6 is 11.8 Å². The standard InChI is InChI=1S/C16H18N4S/c1-2-6-14(7-3-1)12-17-10-11-21-13-20-16-9-5-4-8-15(16)18-19-20/h1-9,17H,10-13H2. The molecular formula is C16H18N4S. The first-order chi connectivity index (χ1) is 10.4. The molecule has 0 amide bonds. The second kappa shape index (κ2) is 7.24. The Morgan fingerprint density at radius 3 is 2.71 bits per heavy atom. The van der Waals surface area contributed by atoms with E-state index in [1.165, 1.54) is 5.56 Å². The maximum absolute atomic E-state index is 4.19. The number of hydrogen-bond donors (Lipinski definition) is 1. The van der Waals surface area contributed by atoms with E-state index in [0.29, 0.717) is 0 Å². The summed E-state index contributed by atoms with van der Waals surface area (Å²) in [4.78, 5) is 0. The largest absolute Gasteiger partial charge is 0.312 e. The van der Waals surface area contributed by atoms with Gasteiger partial charge in [0, 0.05) is 18.8 Å². The van der Waals surface area contributed by atoms with Gasteiger partial charge in [-0.2, -0.15) is 0 Å². The summed E-state index contributed by atoms with van der Waals surface area (Å²) in [5, 5.41) is 11.8. The minimum Gasteiger partial charge on any atom is -0.312 e. The van der Waals surface area contributed by atoms with Crippen molar-refractivity contribution in [3.05, 3.63) is 60.2 Å². The number of benzene rings is 2. The molecule has 0 saturated carbocycles. The smallest absolute Gasteiger partial charge is 0.113 e. The third-order valence-electron chi connectivity index (χ3n) is 3.23. The minimum atomic E-state index is 0.841. The second-order valence-corrected chi connectivity index (χ2v) is 5.85. The Kier molecular flexibility index (Phi) is 4.86. The molecule has 21 heavy (non-hydrogen) atoms. The zero-order chi connectivity index (χ0) is 14.3. The molecule has 0 aliphatic heterocycles. The van der Waals surface area contributed by atoms with Crippen LogP contribution in [0.2, 0.25) is 0 Å². The Labute approximate surface area is 128 Å². The van der Waals surface area contributed by atoms with Crippen molar-refractivity contribution in [2.24, 2.45) is 0 Å². The molecule has 0 aliphatic carbocycles. The number of nitrogens with one attached hydrogen (secondary N) is 1. The molecule has 0 bridgehead atoms. The van der Waals surface area contributed by atoms with E-state index in [1.54, 1.807) is 0 Å². The third kappa shape index (κ3) is 3.83. The highest BCUT2D eigenvalue weighted by molar-refractivity contribution is 7.98. The van der Waals surface area contributed by atoms with Crippen LogP contribution in [0.3, 0.4) is 0 Å². The molecular weight excluding hydrogens is 280 g/mol. The summed E-state index contributed by atoms with van der Waals surface area (Å²) in [6.07, 6.45) is 0. The second-order valence-electron chi connectivity index (χ2n) is 4.78. The molecule has 3 aromatic rings. The third-order valence-corrected chi connectivity index (χ3v) is 4.15. The van der Waals surface area contributed by atoms with E-state index >= 15 is 0 Å². The normalized spacial score (nSPS) is 11.0. The molecule has 1 aromatic heterocycles. The molecule has 2 aromatic carbocycles. The lowest BCUT2D eigenvalue weighted by molar-refractivity contribution is 0.713. The Morgan fingerprint density at radius 2 is 1.81 bits per heavy atom. The van der Waals surface area contributed by atoms with Crippen molar-refractivity contribution in [1.82, 2.24) is 20.3 Å². The fourth-order valence-electron chi connectivity index (χ4n) is 2.14. The SMILES string of the molecule is c1ccc(CNCCSCn2nnc3ccccc32)cc1. The van der Waals surface area contributed by atoms with Crippen molar-refractivity contribution in [1.29, 1.82) is 0 Å². The first kappa shape index (κ1) is 14.1. The molecule has 1 N–H and O–H groups in total. The van der Waals surface area contributed by atoms with Gasteiger partial charge in [-0.05, 0) is 17.7 Å². The highest BCUT2D eigenvalue weighted by Crippen LogP contribution is 2.13. The van der Waals surface area contributed by atoms with Crippen molar-refractivity contribution in [3.63, 3.8) is 0 Å². The average molecular weight is 298 g/mol. The van der Waals surface area contributed by atoms with Gasteiger partial charge in [-0.1, -0.05) is 47.7 Å². The maximum atomic E-state index is 4.19. The Bertz CT molecular complexity index is 681. The summed E-state index contributed by atoms with van der Waals surface area (Å²) in [6, 6.07) is 18.5. The molecule has 0 unspecified atom stereocenters. The van der Waals surface area contributed by atoms with E-state index in [9.17, 15) is 0 Å². The first-order valence-corrected chi connectivity index (χ1v) is 8.19. The van der Waals surface area contributed by atoms with E-state index in [0.717, 1.165) is 35.8 Å². The Balaban J connectivity index is 1.39. The predicted octanol–water partition coefficient (Wildman–Crippen LogP) is 2.91. The quantitative estimate of drug-likeness (QED) is 0.681. The maximum Gasteiger partial charge on any atom is 0.113 e. The van der Waals surface area contributed by atoms with Crippen molar-refractivity contribution in [3.8, 4) is 0 Å². The summed E-state index contributed by atoms with van der Waals surface area (Å²) in [6.45, 7) is 1.92. The number of rotatable bonds is 7. The molecule has 1 heterocycles. The summed E-state index contributed by atoms with van der Waals surface area (Å²) in [5.41, 5.74) is 3.38. The number of para-hydroxylation sites is 1. The van der Waals surface area contributed by atoms with Gasteiger partial charge in [0.1, 0.15) is 5.52 Å². The van der Waals surface area contributed by atoms with Crippen LogP contribution in [0.25, 0.3) is 11.0 Å². The van der Waals surface area contributed by atoms with Gasteiger partial charge in [0.05, 0.1) is 11.4 Å². The van der Waals surface area contributed by atoms with Crippen LogP contribution in [-0.2, 0) is 12.4 Å². The summed E-state index contributed by atoms with van der Waals surface area (Å²) in [5.74, 6) is 1.90. The average Bonchev–Trinajstić information content (AvgIpc) is 2.95.